The topological polar surface area (TPSA) is 104 Å². The third kappa shape index (κ3) is 4.79. The number of hydrogen-bond acceptors (Lipinski definition) is 7. The molecule has 2 unspecified atom stereocenters. The molecule has 4 aromatic rings. The number of hydrogen-bond donors (Lipinski definition) is 1. The maximum Gasteiger partial charge on any atom is 0.280 e. The lowest BCUT2D eigenvalue weighted by atomic mass is 10.0. The van der Waals surface area contributed by atoms with Crippen LogP contribution in [0.5, 0.6) is 5.75 Å². The summed E-state index contributed by atoms with van der Waals surface area (Å²) < 4.78 is 14.2. The first-order valence-corrected chi connectivity index (χ1v) is 13.7. The Bertz CT molecular complexity index is 1560. The van der Waals surface area contributed by atoms with Gasteiger partial charge in [-0.3, -0.25) is 15.1 Å². The van der Waals surface area contributed by atoms with Crippen LogP contribution in [-0.2, 0) is 11.2 Å². The summed E-state index contributed by atoms with van der Waals surface area (Å²) in [6.07, 6.45) is 5.97. The van der Waals surface area contributed by atoms with E-state index in [0.717, 1.165) is 47.8 Å². The highest BCUT2D eigenvalue weighted by Crippen LogP contribution is 2.42. The fourth-order valence-corrected chi connectivity index (χ4v) is 6.20. The summed E-state index contributed by atoms with van der Waals surface area (Å²) in [6.45, 7) is 4.56. The molecule has 3 atom stereocenters. The van der Waals surface area contributed by atoms with Gasteiger partial charge in [0, 0.05) is 47.7 Å². The zero-order valence-corrected chi connectivity index (χ0v) is 23.0. The first kappa shape index (κ1) is 25.9. The highest BCUT2D eigenvalue weighted by atomic mass is 35.5. The second-order valence-electron chi connectivity index (χ2n) is 10.1. The summed E-state index contributed by atoms with van der Waals surface area (Å²) in [6, 6.07) is 9.36. The van der Waals surface area contributed by atoms with Crippen LogP contribution in [0.3, 0.4) is 0 Å². The van der Waals surface area contributed by atoms with Crippen molar-refractivity contribution in [3.8, 4) is 17.0 Å². The normalized spacial score (nSPS) is 19.5. The number of fused-ring (bicyclic) bond motifs is 2. The number of nitro groups is 1. The maximum atomic E-state index is 12.2. The van der Waals surface area contributed by atoms with Crippen LogP contribution in [0.15, 0.2) is 42.7 Å². The number of ether oxygens (including phenoxy) is 2. The number of aromatic nitrogens is 3. The molecule has 2 aliphatic rings. The maximum absolute atomic E-state index is 12.2. The van der Waals surface area contributed by atoms with Gasteiger partial charge in [0.05, 0.1) is 26.0 Å². The lowest BCUT2D eigenvalue weighted by Gasteiger charge is -2.23. The SMILES string of the molecule is CC1Cc2cc(-c3nn(C4CCCCO4)c4ccc(O[C@H](C)c5c(Cl)cncc5Cl)cc34)c([N+](=O)[O-])cc2N1. The molecular weight excluding hydrogens is 541 g/mol. The molecule has 1 fully saturated rings. The van der Waals surface area contributed by atoms with Gasteiger partial charge in [0.1, 0.15) is 17.5 Å². The minimum Gasteiger partial charge on any atom is -0.486 e. The molecule has 4 heterocycles. The van der Waals surface area contributed by atoms with Crippen LogP contribution < -0.4 is 10.1 Å². The fraction of sp³-hybridized carbons (Fsp3) is 0.357. The largest absolute Gasteiger partial charge is 0.486 e. The molecule has 9 nitrogen and oxygen atoms in total. The van der Waals surface area contributed by atoms with Crippen molar-refractivity contribution in [1.82, 2.24) is 14.8 Å². The van der Waals surface area contributed by atoms with Gasteiger partial charge in [-0.25, -0.2) is 4.68 Å². The number of anilines is 1. The van der Waals surface area contributed by atoms with E-state index in [1.54, 1.807) is 6.07 Å². The van der Waals surface area contributed by atoms with E-state index < -0.39 is 6.10 Å². The summed E-state index contributed by atoms with van der Waals surface area (Å²) >= 11 is 12.7. The first-order chi connectivity index (χ1) is 18.8. The van der Waals surface area contributed by atoms with Crippen LogP contribution in [-0.4, -0.2) is 32.3 Å². The second kappa shape index (κ2) is 10.3. The number of nitro benzene ring substituents is 1. The van der Waals surface area contributed by atoms with E-state index in [1.807, 2.05) is 35.9 Å². The molecule has 2 aromatic carbocycles. The summed E-state index contributed by atoms with van der Waals surface area (Å²) in [7, 11) is 0. The van der Waals surface area contributed by atoms with Crippen molar-refractivity contribution < 1.29 is 14.4 Å². The third-order valence-electron chi connectivity index (χ3n) is 7.32. The van der Waals surface area contributed by atoms with Crippen LogP contribution in [0, 0.1) is 10.1 Å². The van der Waals surface area contributed by atoms with E-state index in [9.17, 15) is 10.1 Å². The highest BCUT2D eigenvalue weighted by molar-refractivity contribution is 6.35. The predicted molar refractivity (Wildman–Crippen MR) is 151 cm³/mol. The Labute approximate surface area is 235 Å². The number of benzene rings is 2. The van der Waals surface area contributed by atoms with Crippen molar-refractivity contribution in [1.29, 1.82) is 0 Å². The lowest BCUT2D eigenvalue weighted by molar-refractivity contribution is -0.384. The van der Waals surface area contributed by atoms with Crippen LogP contribution in [0.4, 0.5) is 11.4 Å². The van der Waals surface area contributed by atoms with Gasteiger partial charge in [-0.05, 0) is 69.4 Å². The van der Waals surface area contributed by atoms with E-state index in [2.05, 4.69) is 17.2 Å². The standard InChI is InChI=1S/C28H27Cl2N5O4/c1-15-9-17-10-19(25(35(36)37)12-23(17)32-15)28-20-11-18(39-16(2)27-21(29)13-31-14-22(27)30)6-7-24(20)34(33-28)26-5-3-4-8-38-26/h6-7,10-16,26,32H,3-5,8-9H2,1-2H3/t15?,16-,26?/m1/s1. The number of halogens is 2. The molecular formula is C28H27Cl2N5O4. The molecule has 39 heavy (non-hydrogen) atoms. The molecule has 1 saturated heterocycles. The van der Waals surface area contributed by atoms with E-state index in [-0.39, 0.29) is 22.9 Å². The Hall–Kier alpha value is -3.40. The van der Waals surface area contributed by atoms with Gasteiger partial charge in [0.25, 0.3) is 5.69 Å². The minimum absolute atomic E-state index is 0.00139. The van der Waals surface area contributed by atoms with E-state index >= 15 is 0 Å². The summed E-state index contributed by atoms with van der Waals surface area (Å²) in [5, 5.41) is 22.0. The predicted octanol–water partition coefficient (Wildman–Crippen LogP) is 7.51. The smallest absolute Gasteiger partial charge is 0.280 e. The van der Waals surface area contributed by atoms with Gasteiger partial charge in [-0.15, -0.1) is 0 Å². The van der Waals surface area contributed by atoms with Gasteiger partial charge in [0.2, 0.25) is 0 Å². The molecule has 1 N–H and O–H groups in total. The molecule has 0 amide bonds. The van der Waals surface area contributed by atoms with Crippen molar-refractivity contribution in [3.63, 3.8) is 0 Å². The van der Waals surface area contributed by atoms with E-state index in [4.69, 9.17) is 37.8 Å². The summed E-state index contributed by atoms with van der Waals surface area (Å²) in [4.78, 5) is 15.9. The Morgan fingerprint density at radius 1 is 1.21 bits per heavy atom. The number of rotatable bonds is 6. The molecule has 0 radical (unpaired) electrons. The van der Waals surface area contributed by atoms with Gasteiger partial charge < -0.3 is 14.8 Å². The summed E-state index contributed by atoms with van der Waals surface area (Å²) in [5.41, 5.74) is 4.27. The average molecular weight is 568 g/mol. The van der Waals surface area contributed by atoms with Crippen LogP contribution in [0.2, 0.25) is 10.0 Å². The third-order valence-corrected chi connectivity index (χ3v) is 7.92. The highest BCUT2D eigenvalue weighted by Gasteiger charge is 2.29. The Kier molecular flexibility index (Phi) is 6.82. The molecule has 2 aromatic heterocycles. The van der Waals surface area contributed by atoms with Crippen LogP contribution in [0.25, 0.3) is 22.2 Å². The number of pyridine rings is 1. The zero-order valence-electron chi connectivity index (χ0n) is 21.5. The molecule has 0 saturated carbocycles. The molecule has 11 heteroatoms. The van der Waals surface area contributed by atoms with Crippen molar-refractivity contribution in [2.45, 2.75) is 57.9 Å². The van der Waals surface area contributed by atoms with Gasteiger partial charge in [0.15, 0.2) is 6.23 Å². The second-order valence-corrected chi connectivity index (χ2v) is 10.9. The molecule has 202 valence electrons. The Morgan fingerprint density at radius 2 is 2.00 bits per heavy atom. The van der Waals surface area contributed by atoms with Gasteiger partial charge >= 0.3 is 0 Å². The monoisotopic (exact) mass is 567 g/mol. The average Bonchev–Trinajstić information content (AvgIpc) is 3.47. The molecule has 0 aliphatic carbocycles. The Balaban J connectivity index is 1.49. The van der Waals surface area contributed by atoms with E-state index in [1.165, 1.54) is 12.4 Å². The fourth-order valence-electron chi connectivity index (χ4n) is 5.52. The first-order valence-electron chi connectivity index (χ1n) is 13.0. The molecule has 0 spiro atoms. The minimum atomic E-state index is -0.465. The van der Waals surface area contributed by atoms with Gasteiger partial charge in [-0.1, -0.05) is 23.2 Å². The van der Waals surface area contributed by atoms with Crippen molar-refractivity contribution in [2.24, 2.45) is 0 Å². The zero-order chi connectivity index (χ0) is 27.3. The van der Waals surface area contributed by atoms with Crippen LogP contribution in [0.1, 0.15) is 56.6 Å². The van der Waals surface area contributed by atoms with Crippen LogP contribution >= 0.6 is 23.2 Å². The molecule has 0 bridgehead atoms. The van der Waals surface area contributed by atoms with Crippen molar-refractivity contribution >= 4 is 45.5 Å². The number of nitrogens with one attached hydrogen (secondary N) is 1. The molecule has 2 aliphatic heterocycles. The van der Waals surface area contributed by atoms with Crippen molar-refractivity contribution in [2.75, 3.05) is 11.9 Å². The summed E-state index contributed by atoms with van der Waals surface area (Å²) in [5.74, 6) is 0.559. The van der Waals surface area contributed by atoms with Crippen molar-refractivity contribution in [3.05, 3.63) is 74.0 Å². The lowest BCUT2D eigenvalue weighted by Crippen LogP contribution is -2.19. The number of nitrogens with zero attached hydrogens (tertiary/aromatic N) is 4. The van der Waals surface area contributed by atoms with E-state index in [0.29, 0.717) is 39.2 Å². The quantitative estimate of drug-likeness (QED) is 0.190. The van der Waals surface area contributed by atoms with Gasteiger partial charge in [-0.2, -0.15) is 5.10 Å². The Morgan fingerprint density at radius 3 is 2.72 bits per heavy atom. The molecule has 6 rings (SSSR count).